The van der Waals surface area contributed by atoms with Gasteiger partial charge in [-0.1, -0.05) is 25.5 Å². The maximum atomic E-state index is 11.0. The monoisotopic (exact) mass is 196 g/mol. The Morgan fingerprint density at radius 3 is 2.71 bits per heavy atom. The number of rotatable bonds is 5. The van der Waals surface area contributed by atoms with Crippen LogP contribution in [0.2, 0.25) is 0 Å². The molecule has 0 aliphatic carbocycles. The molecule has 0 aliphatic rings. The van der Waals surface area contributed by atoms with Crippen LogP contribution in [-0.2, 0) is 13.0 Å². The normalized spacial score (nSPS) is 10.4. The third kappa shape index (κ3) is 2.10. The molecule has 5 nitrogen and oxygen atoms in total. The van der Waals surface area contributed by atoms with Gasteiger partial charge in [0.15, 0.2) is 5.69 Å². The highest BCUT2D eigenvalue weighted by molar-refractivity contribution is 5.91. The van der Waals surface area contributed by atoms with Gasteiger partial charge in [-0.3, -0.25) is 4.79 Å². The third-order valence-electron chi connectivity index (χ3n) is 2.13. The van der Waals surface area contributed by atoms with E-state index in [0.29, 0.717) is 5.69 Å². The van der Waals surface area contributed by atoms with Gasteiger partial charge in [-0.15, -0.1) is 5.10 Å². The molecule has 0 spiro atoms. The zero-order valence-electron chi connectivity index (χ0n) is 8.66. The fraction of sp³-hybridized carbons (Fsp3) is 0.667. The highest BCUT2D eigenvalue weighted by Gasteiger charge is 2.14. The van der Waals surface area contributed by atoms with E-state index < -0.39 is 5.91 Å². The first-order valence-corrected chi connectivity index (χ1v) is 4.92. The van der Waals surface area contributed by atoms with E-state index in [1.165, 1.54) is 0 Å². The van der Waals surface area contributed by atoms with E-state index in [-0.39, 0.29) is 0 Å². The van der Waals surface area contributed by atoms with Crippen molar-refractivity contribution < 1.29 is 4.79 Å². The van der Waals surface area contributed by atoms with Crippen molar-refractivity contribution in [1.82, 2.24) is 15.0 Å². The Kier molecular flexibility index (Phi) is 3.62. The number of amides is 1. The van der Waals surface area contributed by atoms with Crippen molar-refractivity contribution in [2.24, 2.45) is 5.73 Å². The molecule has 14 heavy (non-hydrogen) atoms. The Balaban J connectivity index is 2.89. The predicted octanol–water partition coefficient (Wildman–Crippen LogP) is 0.739. The molecule has 0 saturated carbocycles. The Hall–Kier alpha value is -1.39. The molecule has 0 saturated heterocycles. The lowest BCUT2D eigenvalue weighted by atomic mass is 10.2. The number of nitrogens with two attached hydrogens (primary N) is 1. The fourth-order valence-corrected chi connectivity index (χ4v) is 1.36. The van der Waals surface area contributed by atoms with Crippen LogP contribution in [0.25, 0.3) is 0 Å². The molecule has 1 aromatic rings. The van der Waals surface area contributed by atoms with E-state index in [1.807, 2.05) is 6.92 Å². The molecule has 0 fully saturated rings. The summed E-state index contributed by atoms with van der Waals surface area (Å²) in [6, 6.07) is 0. The Bertz CT molecular complexity index is 319. The van der Waals surface area contributed by atoms with Crippen molar-refractivity contribution in [3.05, 3.63) is 11.4 Å². The lowest BCUT2D eigenvalue weighted by molar-refractivity contribution is 0.0994. The summed E-state index contributed by atoms with van der Waals surface area (Å²) in [6.45, 7) is 4.88. The summed E-state index contributed by atoms with van der Waals surface area (Å²) in [5.74, 6) is -0.496. The lowest BCUT2D eigenvalue weighted by Gasteiger charge is -2.03. The Morgan fingerprint density at radius 2 is 2.21 bits per heavy atom. The first-order chi connectivity index (χ1) is 6.70. The van der Waals surface area contributed by atoms with Crippen LogP contribution in [0.4, 0.5) is 0 Å². The smallest absolute Gasteiger partial charge is 0.271 e. The molecule has 5 heteroatoms. The second-order valence-electron chi connectivity index (χ2n) is 3.18. The molecule has 0 aromatic carbocycles. The van der Waals surface area contributed by atoms with Gasteiger partial charge < -0.3 is 5.73 Å². The van der Waals surface area contributed by atoms with Crippen LogP contribution in [0.3, 0.4) is 0 Å². The summed E-state index contributed by atoms with van der Waals surface area (Å²) in [5, 5.41) is 7.69. The van der Waals surface area contributed by atoms with E-state index >= 15 is 0 Å². The van der Waals surface area contributed by atoms with Gasteiger partial charge in [0.25, 0.3) is 5.91 Å². The number of nitrogens with zero attached hydrogens (tertiary/aromatic N) is 3. The first kappa shape index (κ1) is 10.7. The van der Waals surface area contributed by atoms with Crippen LogP contribution in [0, 0.1) is 0 Å². The van der Waals surface area contributed by atoms with Crippen LogP contribution in [0.1, 0.15) is 42.9 Å². The van der Waals surface area contributed by atoms with E-state index in [1.54, 1.807) is 4.68 Å². The number of carbonyl (C=O) groups is 1. The Morgan fingerprint density at radius 1 is 1.50 bits per heavy atom. The van der Waals surface area contributed by atoms with Crippen LogP contribution in [0.15, 0.2) is 0 Å². The molecule has 0 aliphatic heterocycles. The van der Waals surface area contributed by atoms with Gasteiger partial charge in [0.2, 0.25) is 0 Å². The van der Waals surface area contributed by atoms with Gasteiger partial charge in [0.05, 0.1) is 5.69 Å². The number of hydrogen-bond acceptors (Lipinski definition) is 3. The maximum absolute atomic E-state index is 11.0. The summed E-state index contributed by atoms with van der Waals surface area (Å²) < 4.78 is 1.77. The number of unbranched alkanes of at least 4 members (excludes halogenated alkanes) is 1. The molecule has 2 N–H and O–H groups in total. The topological polar surface area (TPSA) is 73.8 Å². The molecular weight excluding hydrogens is 180 g/mol. The first-order valence-electron chi connectivity index (χ1n) is 4.92. The zero-order chi connectivity index (χ0) is 10.6. The molecule has 1 heterocycles. The minimum atomic E-state index is -0.496. The van der Waals surface area contributed by atoms with Crippen molar-refractivity contribution in [2.45, 2.75) is 39.7 Å². The number of aryl methyl sites for hydroxylation is 1. The molecule has 1 rings (SSSR count). The molecule has 0 atom stereocenters. The summed E-state index contributed by atoms with van der Waals surface area (Å²) in [5.41, 5.74) is 6.33. The van der Waals surface area contributed by atoms with Crippen molar-refractivity contribution >= 4 is 5.91 Å². The molecule has 1 amide bonds. The second-order valence-corrected chi connectivity index (χ2v) is 3.18. The second kappa shape index (κ2) is 4.74. The van der Waals surface area contributed by atoms with Gasteiger partial charge in [-0.25, -0.2) is 4.68 Å². The van der Waals surface area contributed by atoms with E-state index in [4.69, 9.17) is 5.73 Å². The van der Waals surface area contributed by atoms with Crippen LogP contribution in [-0.4, -0.2) is 20.9 Å². The predicted molar refractivity (Wildman–Crippen MR) is 52.8 cm³/mol. The number of carbonyl (C=O) groups excluding carboxylic acids is 1. The van der Waals surface area contributed by atoms with Crippen LogP contribution >= 0.6 is 0 Å². The number of primary amides is 1. The minimum absolute atomic E-state index is 0.309. The molecular formula is C9H16N4O. The van der Waals surface area contributed by atoms with Gasteiger partial charge in [0.1, 0.15) is 0 Å². The zero-order valence-corrected chi connectivity index (χ0v) is 8.66. The summed E-state index contributed by atoms with van der Waals surface area (Å²) in [7, 11) is 0. The van der Waals surface area contributed by atoms with Gasteiger partial charge >= 0.3 is 0 Å². The molecule has 0 unspecified atom stereocenters. The van der Waals surface area contributed by atoms with Crippen molar-refractivity contribution in [3.8, 4) is 0 Å². The Labute approximate surface area is 83.3 Å². The van der Waals surface area contributed by atoms with Gasteiger partial charge in [0, 0.05) is 6.54 Å². The number of hydrogen-bond donors (Lipinski definition) is 1. The summed E-state index contributed by atoms with van der Waals surface area (Å²) >= 11 is 0. The SMILES string of the molecule is CCCCn1nnc(C(N)=O)c1CC. The molecule has 78 valence electrons. The highest BCUT2D eigenvalue weighted by Crippen LogP contribution is 2.06. The van der Waals surface area contributed by atoms with Crippen LogP contribution < -0.4 is 5.73 Å². The van der Waals surface area contributed by atoms with Crippen molar-refractivity contribution in [2.75, 3.05) is 0 Å². The van der Waals surface area contributed by atoms with Gasteiger partial charge in [-0.2, -0.15) is 0 Å². The molecule has 0 radical (unpaired) electrons. The average Bonchev–Trinajstić information content (AvgIpc) is 2.57. The molecule has 0 bridgehead atoms. The summed E-state index contributed by atoms with van der Waals surface area (Å²) in [6.07, 6.45) is 2.86. The van der Waals surface area contributed by atoms with Crippen molar-refractivity contribution in [1.29, 1.82) is 0 Å². The van der Waals surface area contributed by atoms with E-state index in [0.717, 1.165) is 31.5 Å². The molecule has 1 aromatic heterocycles. The fourth-order valence-electron chi connectivity index (χ4n) is 1.36. The highest BCUT2D eigenvalue weighted by atomic mass is 16.1. The minimum Gasteiger partial charge on any atom is -0.364 e. The number of aromatic nitrogens is 3. The van der Waals surface area contributed by atoms with Crippen molar-refractivity contribution in [3.63, 3.8) is 0 Å². The quantitative estimate of drug-likeness (QED) is 0.754. The largest absolute Gasteiger partial charge is 0.364 e. The average molecular weight is 196 g/mol. The van der Waals surface area contributed by atoms with Crippen LogP contribution in [0.5, 0.6) is 0 Å². The third-order valence-corrected chi connectivity index (χ3v) is 2.13. The summed E-state index contributed by atoms with van der Waals surface area (Å²) in [4.78, 5) is 11.0. The van der Waals surface area contributed by atoms with E-state index in [2.05, 4.69) is 17.2 Å². The maximum Gasteiger partial charge on any atom is 0.271 e. The van der Waals surface area contributed by atoms with Gasteiger partial charge in [-0.05, 0) is 12.8 Å². The standard InChI is InChI=1S/C9H16N4O/c1-3-5-6-13-7(4-2)8(9(10)14)11-12-13/h3-6H2,1-2H3,(H2,10,14). The van der Waals surface area contributed by atoms with E-state index in [9.17, 15) is 4.79 Å². The lowest BCUT2D eigenvalue weighted by Crippen LogP contribution is -2.15.